The minimum absolute atomic E-state index is 0.0410. The van der Waals surface area contributed by atoms with E-state index in [1.165, 1.54) is 0 Å². The third kappa shape index (κ3) is 4.81. The fourth-order valence-corrected chi connectivity index (χ4v) is 0.987. The Hall–Kier alpha value is -0.120. The van der Waals surface area contributed by atoms with E-state index in [1.807, 2.05) is 20.8 Å². The van der Waals surface area contributed by atoms with Crippen molar-refractivity contribution in [2.75, 3.05) is 0 Å². The van der Waals surface area contributed by atoms with Crippen molar-refractivity contribution in [1.29, 1.82) is 0 Å². The highest BCUT2D eigenvalue weighted by atomic mass is 17.2. The summed E-state index contributed by atoms with van der Waals surface area (Å²) < 4.78 is 0. The van der Waals surface area contributed by atoms with Gasteiger partial charge in [0.25, 0.3) is 0 Å². The van der Waals surface area contributed by atoms with Crippen molar-refractivity contribution >= 4 is 0 Å². The van der Waals surface area contributed by atoms with Gasteiger partial charge in [0.2, 0.25) is 0 Å². The SMILES string of the molecule is CCCC(C)C(O)OOC(C)(C)C(C)(C)C. The first kappa shape index (κ1) is 15.9. The van der Waals surface area contributed by atoms with Crippen LogP contribution in [0.5, 0.6) is 0 Å². The first-order valence-corrected chi connectivity index (χ1v) is 6.14. The highest BCUT2D eigenvalue weighted by molar-refractivity contribution is 4.82. The van der Waals surface area contributed by atoms with E-state index in [9.17, 15) is 5.11 Å². The summed E-state index contributed by atoms with van der Waals surface area (Å²) in [5.74, 6) is 0.0979. The zero-order chi connectivity index (χ0) is 13.0. The van der Waals surface area contributed by atoms with E-state index in [0.717, 1.165) is 12.8 Å². The van der Waals surface area contributed by atoms with Crippen LogP contribution in [0.2, 0.25) is 0 Å². The first-order chi connectivity index (χ1) is 7.12. The van der Waals surface area contributed by atoms with Crippen LogP contribution >= 0.6 is 0 Å². The van der Waals surface area contributed by atoms with E-state index in [1.54, 1.807) is 0 Å². The molecule has 0 saturated carbocycles. The molecule has 3 nitrogen and oxygen atoms in total. The van der Waals surface area contributed by atoms with Crippen LogP contribution in [0.1, 0.15) is 61.3 Å². The Morgan fingerprint density at radius 2 is 1.62 bits per heavy atom. The molecule has 0 aliphatic carbocycles. The van der Waals surface area contributed by atoms with Crippen molar-refractivity contribution in [2.45, 2.75) is 73.2 Å². The molecule has 0 rings (SSSR count). The standard InChI is InChI=1S/C13H28O3/c1-8-9-10(2)11(14)15-16-13(6,7)12(3,4)5/h10-11,14H,8-9H2,1-7H3. The Morgan fingerprint density at radius 1 is 1.12 bits per heavy atom. The van der Waals surface area contributed by atoms with Crippen LogP contribution in [0.4, 0.5) is 0 Å². The Bertz CT molecular complexity index is 194. The van der Waals surface area contributed by atoms with E-state index in [2.05, 4.69) is 27.7 Å². The maximum Gasteiger partial charge on any atom is 0.191 e. The van der Waals surface area contributed by atoms with Gasteiger partial charge in [0.15, 0.2) is 6.29 Å². The summed E-state index contributed by atoms with van der Waals surface area (Å²) in [6, 6.07) is 0. The Labute approximate surface area is 100 Å². The van der Waals surface area contributed by atoms with Crippen LogP contribution in [0.3, 0.4) is 0 Å². The van der Waals surface area contributed by atoms with Crippen LogP contribution in [-0.4, -0.2) is 17.0 Å². The summed E-state index contributed by atoms with van der Waals surface area (Å²) >= 11 is 0. The summed E-state index contributed by atoms with van der Waals surface area (Å²) in [5, 5.41) is 9.73. The van der Waals surface area contributed by atoms with Gasteiger partial charge in [-0.1, -0.05) is 41.0 Å². The number of hydrogen-bond donors (Lipinski definition) is 1. The topological polar surface area (TPSA) is 38.7 Å². The van der Waals surface area contributed by atoms with Gasteiger partial charge in [-0.25, -0.2) is 9.78 Å². The second kappa shape index (κ2) is 5.99. The van der Waals surface area contributed by atoms with Gasteiger partial charge in [-0.2, -0.15) is 0 Å². The van der Waals surface area contributed by atoms with Gasteiger partial charge >= 0.3 is 0 Å². The average molecular weight is 232 g/mol. The van der Waals surface area contributed by atoms with Gasteiger partial charge in [0, 0.05) is 5.92 Å². The Balaban J connectivity index is 4.14. The lowest BCUT2D eigenvalue weighted by molar-refractivity contribution is -0.434. The van der Waals surface area contributed by atoms with Crippen LogP contribution in [0.25, 0.3) is 0 Å². The minimum atomic E-state index is -0.846. The maximum atomic E-state index is 9.73. The summed E-state index contributed by atoms with van der Waals surface area (Å²) in [6.45, 7) is 14.2. The average Bonchev–Trinajstić information content (AvgIpc) is 2.12. The molecule has 0 aromatic heterocycles. The lowest BCUT2D eigenvalue weighted by atomic mass is 9.79. The van der Waals surface area contributed by atoms with Gasteiger partial charge in [-0.15, -0.1) is 0 Å². The number of aliphatic hydroxyl groups excluding tert-OH is 1. The van der Waals surface area contributed by atoms with Crippen LogP contribution in [-0.2, 0) is 9.78 Å². The van der Waals surface area contributed by atoms with Crippen LogP contribution < -0.4 is 0 Å². The van der Waals surface area contributed by atoms with E-state index >= 15 is 0 Å². The molecule has 2 unspecified atom stereocenters. The molecule has 0 bridgehead atoms. The molecule has 2 atom stereocenters. The van der Waals surface area contributed by atoms with Crippen LogP contribution in [0, 0.1) is 11.3 Å². The molecule has 0 radical (unpaired) electrons. The zero-order valence-corrected chi connectivity index (χ0v) is 11.8. The summed E-state index contributed by atoms with van der Waals surface area (Å²) in [6.07, 6.45) is 1.12. The number of rotatable bonds is 6. The van der Waals surface area contributed by atoms with Crippen molar-refractivity contribution in [3.05, 3.63) is 0 Å². The van der Waals surface area contributed by atoms with E-state index in [-0.39, 0.29) is 11.3 Å². The maximum absolute atomic E-state index is 9.73. The van der Waals surface area contributed by atoms with Gasteiger partial charge in [0.05, 0.1) is 0 Å². The minimum Gasteiger partial charge on any atom is -0.365 e. The molecule has 0 aliphatic rings. The van der Waals surface area contributed by atoms with Crippen molar-refractivity contribution in [1.82, 2.24) is 0 Å². The predicted octanol–water partition coefficient (Wildman–Crippen LogP) is 3.51. The largest absolute Gasteiger partial charge is 0.365 e. The van der Waals surface area contributed by atoms with Crippen molar-refractivity contribution < 1.29 is 14.9 Å². The molecule has 0 amide bonds. The summed E-state index contributed by atoms with van der Waals surface area (Å²) in [4.78, 5) is 10.5. The normalized spacial score (nSPS) is 17.2. The van der Waals surface area contributed by atoms with E-state index in [4.69, 9.17) is 9.78 Å². The van der Waals surface area contributed by atoms with Gasteiger partial charge < -0.3 is 5.11 Å². The third-order valence-electron chi connectivity index (χ3n) is 3.39. The molecule has 0 aromatic carbocycles. The molecule has 3 heteroatoms. The molecule has 0 fully saturated rings. The highest BCUT2D eigenvalue weighted by Gasteiger charge is 2.36. The van der Waals surface area contributed by atoms with Gasteiger partial charge in [-0.05, 0) is 25.7 Å². The second-order valence-corrected chi connectivity index (χ2v) is 6.10. The zero-order valence-electron chi connectivity index (χ0n) is 11.8. The van der Waals surface area contributed by atoms with Crippen molar-refractivity contribution in [2.24, 2.45) is 11.3 Å². The molecule has 0 spiro atoms. The third-order valence-corrected chi connectivity index (χ3v) is 3.39. The number of aliphatic hydroxyl groups is 1. The molecular weight excluding hydrogens is 204 g/mol. The fraction of sp³-hybridized carbons (Fsp3) is 1.00. The van der Waals surface area contributed by atoms with Crippen molar-refractivity contribution in [3.8, 4) is 0 Å². The molecule has 1 N–H and O–H groups in total. The van der Waals surface area contributed by atoms with Crippen LogP contribution in [0.15, 0.2) is 0 Å². The lowest BCUT2D eigenvalue weighted by Crippen LogP contribution is -2.41. The molecule has 0 saturated heterocycles. The van der Waals surface area contributed by atoms with Gasteiger partial charge in [-0.3, -0.25) is 0 Å². The molecular formula is C13H28O3. The van der Waals surface area contributed by atoms with E-state index in [0.29, 0.717) is 0 Å². The van der Waals surface area contributed by atoms with E-state index < -0.39 is 11.9 Å². The first-order valence-electron chi connectivity index (χ1n) is 6.14. The monoisotopic (exact) mass is 232 g/mol. The molecule has 0 heterocycles. The second-order valence-electron chi connectivity index (χ2n) is 6.10. The van der Waals surface area contributed by atoms with Gasteiger partial charge in [0.1, 0.15) is 5.60 Å². The fourth-order valence-electron chi connectivity index (χ4n) is 0.987. The molecule has 16 heavy (non-hydrogen) atoms. The predicted molar refractivity (Wildman–Crippen MR) is 65.8 cm³/mol. The quantitative estimate of drug-likeness (QED) is 0.432. The Kier molecular flexibility index (Phi) is 5.94. The molecule has 0 aromatic rings. The summed E-state index contributed by atoms with van der Waals surface area (Å²) in [7, 11) is 0. The molecule has 0 aliphatic heterocycles. The molecule has 98 valence electrons. The summed E-state index contributed by atoms with van der Waals surface area (Å²) in [5.41, 5.74) is -0.472. The van der Waals surface area contributed by atoms with Crippen molar-refractivity contribution in [3.63, 3.8) is 0 Å². The Morgan fingerprint density at radius 3 is 2.00 bits per heavy atom. The lowest BCUT2D eigenvalue weighted by Gasteiger charge is -2.37. The number of hydrogen-bond acceptors (Lipinski definition) is 3. The smallest absolute Gasteiger partial charge is 0.191 e. The highest BCUT2D eigenvalue weighted by Crippen LogP contribution is 2.33.